The van der Waals surface area contributed by atoms with Gasteiger partial charge < -0.3 is 15.3 Å². The average Bonchev–Trinajstić information content (AvgIpc) is 2.70. The summed E-state index contributed by atoms with van der Waals surface area (Å²) in [5, 5.41) is 25.7. The molecule has 0 spiro atoms. The predicted molar refractivity (Wildman–Crippen MR) is 110 cm³/mol. The highest BCUT2D eigenvalue weighted by atomic mass is 35.5. The first-order chi connectivity index (χ1) is 13.7. The monoisotopic (exact) mass is 414 g/mol. The van der Waals surface area contributed by atoms with E-state index in [4.69, 9.17) is 26.9 Å². The summed E-state index contributed by atoms with van der Waals surface area (Å²) in [7, 11) is 0. The minimum Gasteiger partial charge on any atom is -0.478 e. The lowest BCUT2D eigenvalue weighted by Gasteiger charge is -1.96. The first kappa shape index (κ1) is 23.4. The van der Waals surface area contributed by atoms with E-state index in [1.807, 2.05) is 6.07 Å². The Morgan fingerprint density at radius 3 is 1.41 bits per heavy atom. The van der Waals surface area contributed by atoms with Crippen LogP contribution >= 0.6 is 11.6 Å². The summed E-state index contributed by atoms with van der Waals surface area (Å²) in [5.41, 5.74) is 1.65. The fourth-order valence-corrected chi connectivity index (χ4v) is 2.24. The van der Waals surface area contributed by atoms with Gasteiger partial charge in [-0.3, -0.25) is 0 Å². The number of carbonyl (C=O) groups is 3. The fraction of sp³-hybridized carbons (Fsp3) is 0.0455. The standard InChI is InChI=1S/C8H8O2.C7H5ClO2.C7H6O2/c1-6-4-2-3-5-7(6)8(9)10;8-6-4-2-1-3-5(6)7(9)10;8-7(9)6-4-2-1-3-5-6/h2-5H,1H3,(H,9,10);1-4H,(H,9,10);1-5H,(H,8,9). The molecule has 0 radical (unpaired) electrons. The maximum atomic E-state index is 10.4. The maximum Gasteiger partial charge on any atom is 0.337 e. The molecule has 0 aliphatic carbocycles. The van der Waals surface area contributed by atoms with Gasteiger partial charge in [-0.05, 0) is 42.8 Å². The molecule has 3 aromatic rings. The molecule has 7 heteroatoms. The Hall–Kier alpha value is -3.64. The van der Waals surface area contributed by atoms with Crippen molar-refractivity contribution in [2.45, 2.75) is 6.92 Å². The third-order valence-electron chi connectivity index (χ3n) is 3.50. The molecule has 3 N–H and O–H groups in total. The van der Waals surface area contributed by atoms with Gasteiger partial charge in [0, 0.05) is 0 Å². The molecule has 0 saturated heterocycles. The molecule has 0 aliphatic rings. The molecule has 6 nitrogen and oxygen atoms in total. The molecule has 0 aliphatic heterocycles. The Labute approximate surface area is 172 Å². The SMILES string of the molecule is Cc1ccccc1C(=O)O.O=C(O)c1ccccc1.O=C(O)c1ccccc1Cl. The zero-order valence-corrected chi connectivity index (χ0v) is 16.2. The van der Waals surface area contributed by atoms with Crippen molar-refractivity contribution in [3.63, 3.8) is 0 Å². The molecule has 0 bridgehead atoms. The van der Waals surface area contributed by atoms with Crippen LogP contribution in [0.5, 0.6) is 0 Å². The lowest BCUT2D eigenvalue weighted by molar-refractivity contribution is 0.0685. The van der Waals surface area contributed by atoms with Crippen molar-refractivity contribution in [3.8, 4) is 0 Å². The topological polar surface area (TPSA) is 112 Å². The van der Waals surface area contributed by atoms with E-state index in [1.54, 1.807) is 73.7 Å². The van der Waals surface area contributed by atoms with Crippen LogP contribution in [-0.2, 0) is 0 Å². The third kappa shape index (κ3) is 8.28. The van der Waals surface area contributed by atoms with Crippen LogP contribution in [0, 0.1) is 6.92 Å². The Kier molecular flexibility index (Phi) is 9.64. The molecule has 0 saturated carbocycles. The summed E-state index contributed by atoms with van der Waals surface area (Å²) >= 11 is 5.54. The van der Waals surface area contributed by atoms with Crippen molar-refractivity contribution >= 4 is 29.5 Å². The quantitative estimate of drug-likeness (QED) is 0.548. The van der Waals surface area contributed by atoms with Gasteiger partial charge in [0.1, 0.15) is 0 Å². The molecule has 0 atom stereocenters. The average molecular weight is 415 g/mol. The first-order valence-corrected chi connectivity index (χ1v) is 8.67. The van der Waals surface area contributed by atoms with Crippen molar-refractivity contribution < 1.29 is 29.7 Å². The van der Waals surface area contributed by atoms with Crippen molar-refractivity contribution in [3.05, 3.63) is 106 Å². The number of hydrogen-bond donors (Lipinski definition) is 3. The number of carboxylic acid groups (broad SMARTS) is 3. The zero-order valence-electron chi connectivity index (χ0n) is 15.4. The second kappa shape index (κ2) is 11.9. The molecule has 0 unspecified atom stereocenters. The van der Waals surface area contributed by atoms with E-state index in [-0.39, 0.29) is 10.6 Å². The molecule has 29 heavy (non-hydrogen) atoms. The lowest BCUT2D eigenvalue weighted by atomic mass is 10.1. The molecule has 3 aromatic carbocycles. The summed E-state index contributed by atoms with van der Waals surface area (Å²) < 4.78 is 0. The van der Waals surface area contributed by atoms with Crippen LogP contribution in [0.1, 0.15) is 36.6 Å². The Morgan fingerprint density at radius 1 is 0.621 bits per heavy atom. The summed E-state index contributed by atoms with van der Waals surface area (Å²) in [5.74, 6) is -2.74. The van der Waals surface area contributed by atoms with Crippen molar-refractivity contribution in [1.29, 1.82) is 0 Å². The van der Waals surface area contributed by atoms with Crippen LogP contribution in [0.2, 0.25) is 5.02 Å². The number of rotatable bonds is 3. The van der Waals surface area contributed by atoms with Gasteiger partial charge in [-0.2, -0.15) is 0 Å². The summed E-state index contributed by atoms with van der Waals surface area (Å²) in [6.07, 6.45) is 0. The number of hydrogen-bond acceptors (Lipinski definition) is 3. The van der Waals surface area contributed by atoms with Gasteiger partial charge in [-0.1, -0.05) is 60.1 Å². The van der Waals surface area contributed by atoms with E-state index in [0.29, 0.717) is 11.1 Å². The van der Waals surface area contributed by atoms with Crippen molar-refractivity contribution in [1.82, 2.24) is 0 Å². The minimum absolute atomic E-state index is 0.143. The van der Waals surface area contributed by atoms with Crippen LogP contribution in [0.3, 0.4) is 0 Å². The van der Waals surface area contributed by atoms with Crippen LogP contribution < -0.4 is 0 Å². The molecule has 150 valence electrons. The smallest absolute Gasteiger partial charge is 0.337 e. The van der Waals surface area contributed by atoms with E-state index in [2.05, 4.69) is 0 Å². The van der Waals surface area contributed by atoms with Crippen LogP contribution in [0.25, 0.3) is 0 Å². The van der Waals surface area contributed by atoms with E-state index >= 15 is 0 Å². The Balaban J connectivity index is 0.000000218. The largest absolute Gasteiger partial charge is 0.478 e. The number of carboxylic acids is 3. The molecule has 0 amide bonds. The van der Waals surface area contributed by atoms with Crippen LogP contribution in [0.15, 0.2) is 78.9 Å². The van der Waals surface area contributed by atoms with Crippen LogP contribution in [0.4, 0.5) is 0 Å². The highest BCUT2D eigenvalue weighted by molar-refractivity contribution is 6.33. The number of benzene rings is 3. The lowest BCUT2D eigenvalue weighted by Crippen LogP contribution is -1.97. The van der Waals surface area contributed by atoms with Gasteiger partial charge in [-0.15, -0.1) is 0 Å². The van der Waals surface area contributed by atoms with Gasteiger partial charge >= 0.3 is 17.9 Å². The highest BCUT2D eigenvalue weighted by Gasteiger charge is 2.05. The van der Waals surface area contributed by atoms with Gasteiger partial charge in [0.2, 0.25) is 0 Å². The summed E-state index contributed by atoms with van der Waals surface area (Å²) in [4.78, 5) is 31.0. The number of aryl methyl sites for hydroxylation is 1. The van der Waals surface area contributed by atoms with Crippen molar-refractivity contribution in [2.75, 3.05) is 0 Å². The molecular weight excluding hydrogens is 396 g/mol. The van der Waals surface area contributed by atoms with Crippen LogP contribution in [-0.4, -0.2) is 33.2 Å². The minimum atomic E-state index is -0.995. The van der Waals surface area contributed by atoms with Crippen molar-refractivity contribution in [2.24, 2.45) is 0 Å². The van der Waals surface area contributed by atoms with Gasteiger partial charge in [0.05, 0.1) is 21.7 Å². The van der Waals surface area contributed by atoms with Gasteiger partial charge in [0.25, 0.3) is 0 Å². The number of aromatic carboxylic acids is 3. The van der Waals surface area contributed by atoms with Gasteiger partial charge in [-0.25, -0.2) is 14.4 Å². The second-order valence-electron chi connectivity index (χ2n) is 5.58. The zero-order chi connectivity index (χ0) is 21.8. The molecule has 0 heterocycles. The van der Waals surface area contributed by atoms with E-state index < -0.39 is 17.9 Å². The summed E-state index contributed by atoms with van der Waals surface area (Å²) in [6, 6.07) is 21.5. The Morgan fingerprint density at radius 2 is 1.07 bits per heavy atom. The molecular formula is C22H19ClO6. The molecule has 0 aromatic heterocycles. The number of halogens is 1. The summed E-state index contributed by atoms with van der Waals surface area (Å²) in [6.45, 7) is 1.78. The second-order valence-corrected chi connectivity index (χ2v) is 5.98. The van der Waals surface area contributed by atoms with E-state index in [1.165, 1.54) is 6.07 Å². The Bertz CT molecular complexity index is 914. The maximum absolute atomic E-state index is 10.4. The van der Waals surface area contributed by atoms with Gasteiger partial charge in [0.15, 0.2) is 0 Å². The normalized spacial score (nSPS) is 9.17. The predicted octanol–water partition coefficient (Wildman–Crippen LogP) is 5.12. The highest BCUT2D eigenvalue weighted by Crippen LogP contribution is 2.13. The van der Waals surface area contributed by atoms with E-state index in [9.17, 15) is 14.4 Å². The first-order valence-electron chi connectivity index (χ1n) is 8.29. The molecule has 0 fully saturated rings. The third-order valence-corrected chi connectivity index (χ3v) is 3.83. The fourth-order valence-electron chi connectivity index (χ4n) is 2.03. The molecule has 3 rings (SSSR count). The van der Waals surface area contributed by atoms with E-state index in [0.717, 1.165) is 5.56 Å².